The summed E-state index contributed by atoms with van der Waals surface area (Å²) >= 11 is 6.69. The first-order valence-electron chi connectivity index (χ1n) is 7.80. The second-order valence-electron chi connectivity index (χ2n) is 5.51. The molecule has 0 atom stereocenters. The molecule has 0 unspecified atom stereocenters. The third kappa shape index (κ3) is 2.89. The molecule has 26 heavy (non-hydrogen) atoms. The Hall–Kier alpha value is -2.97. The maximum atomic E-state index is 12.8. The van der Waals surface area contributed by atoms with Gasteiger partial charge in [0.1, 0.15) is 11.0 Å². The molecule has 0 saturated carbocycles. The van der Waals surface area contributed by atoms with E-state index in [0.717, 1.165) is 11.3 Å². The SMILES string of the molecule is C/C(=N\n1cnc2c(sc(=S)n2-c2ccccc2)c1=O)c1cccnc1. The minimum Gasteiger partial charge on any atom is -0.275 e. The Morgan fingerprint density at radius 1 is 1.19 bits per heavy atom. The third-order valence-corrected chi connectivity index (χ3v) is 5.18. The Balaban J connectivity index is 1.87. The van der Waals surface area contributed by atoms with Crippen LogP contribution >= 0.6 is 23.6 Å². The van der Waals surface area contributed by atoms with E-state index < -0.39 is 0 Å². The van der Waals surface area contributed by atoms with Crippen LogP contribution in [0.15, 0.2) is 71.1 Å². The highest BCUT2D eigenvalue weighted by molar-refractivity contribution is 7.73. The van der Waals surface area contributed by atoms with Gasteiger partial charge in [-0.15, -0.1) is 0 Å². The van der Waals surface area contributed by atoms with Crippen molar-refractivity contribution in [3.8, 4) is 5.69 Å². The van der Waals surface area contributed by atoms with E-state index in [0.29, 0.717) is 20.0 Å². The summed E-state index contributed by atoms with van der Waals surface area (Å²) in [5.41, 5.74) is 2.69. The molecule has 1 aromatic carbocycles. The lowest BCUT2D eigenvalue weighted by atomic mass is 10.2. The number of fused-ring (bicyclic) bond motifs is 1. The zero-order chi connectivity index (χ0) is 18.1. The number of hydrogen-bond donors (Lipinski definition) is 0. The van der Waals surface area contributed by atoms with Gasteiger partial charge in [-0.05, 0) is 37.3 Å². The number of rotatable bonds is 3. The van der Waals surface area contributed by atoms with Crippen LogP contribution in [0.1, 0.15) is 12.5 Å². The normalized spacial score (nSPS) is 11.8. The van der Waals surface area contributed by atoms with E-state index in [2.05, 4.69) is 15.1 Å². The van der Waals surface area contributed by atoms with Crippen LogP contribution in [0.25, 0.3) is 16.0 Å². The highest BCUT2D eigenvalue weighted by Crippen LogP contribution is 2.22. The third-order valence-electron chi connectivity index (χ3n) is 3.83. The molecule has 0 N–H and O–H groups in total. The Morgan fingerprint density at radius 3 is 2.73 bits per heavy atom. The summed E-state index contributed by atoms with van der Waals surface area (Å²) in [7, 11) is 0. The highest BCUT2D eigenvalue weighted by atomic mass is 32.1. The second-order valence-corrected chi connectivity index (χ2v) is 7.16. The molecule has 0 spiro atoms. The highest BCUT2D eigenvalue weighted by Gasteiger charge is 2.13. The summed E-state index contributed by atoms with van der Waals surface area (Å²) < 4.78 is 4.09. The molecule has 0 fully saturated rings. The average molecular weight is 379 g/mol. The first-order valence-corrected chi connectivity index (χ1v) is 9.02. The van der Waals surface area contributed by atoms with E-state index >= 15 is 0 Å². The predicted molar refractivity (Wildman–Crippen MR) is 106 cm³/mol. The van der Waals surface area contributed by atoms with Crippen LogP contribution in [0.4, 0.5) is 0 Å². The van der Waals surface area contributed by atoms with Gasteiger partial charge < -0.3 is 0 Å². The van der Waals surface area contributed by atoms with Gasteiger partial charge in [-0.2, -0.15) is 9.78 Å². The van der Waals surface area contributed by atoms with Gasteiger partial charge in [0.25, 0.3) is 5.56 Å². The van der Waals surface area contributed by atoms with Crippen molar-refractivity contribution in [2.24, 2.45) is 5.10 Å². The summed E-state index contributed by atoms with van der Waals surface area (Å²) in [6.45, 7) is 1.82. The minimum atomic E-state index is -0.246. The van der Waals surface area contributed by atoms with Crippen LogP contribution < -0.4 is 5.56 Å². The molecule has 6 nitrogen and oxygen atoms in total. The topological polar surface area (TPSA) is 65.1 Å². The molecule has 4 aromatic rings. The molecular weight excluding hydrogens is 366 g/mol. The van der Waals surface area contributed by atoms with Crippen molar-refractivity contribution in [3.63, 3.8) is 0 Å². The van der Waals surface area contributed by atoms with Gasteiger partial charge in [0.2, 0.25) is 0 Å². The maximum absolute atomic E-state index is 12.8. The monoisotopic (exact) mass is 379 g/mol. The fourth-order valence-corrected chi connectivity index (χ4v) is 3.88. The first-order chi connectivity index (χ1) is 12.6. The molecule has 0 radical (unpaired) electrons. The van der Waals surface area contributed by atoms with E-state index in [4.69, 9.17) is 12.2 Å². The zero-order valence-corrected chi connectivity index (χ0v) is 15.4. The summed E-state index contributed by atoms with van der Waals surface area (Å²) in [5, 5.41) is 4.37. The van der Waals surface area contributed by atoms with Gasteiger partial charge in [0, 0.05) is 23.6 Å². The number of pyridine rings is 1. The molecule has 0 aliphatic carbocycles. The average Bonchev–Trinajstić information content (AvgIpc) is 3.02. The molecule has 3 heterocycles. The number of nitrogens with zero attached hydrogens (tertiary/aromatic N) is 5. The quantitative estimate of drug-likeness (QED) is 0.403. The van der Waals surface area contributed by atoms with Crippen molar-refractivity contribution in [2.45, 2.75) is 6.92 Å². The van der Waals surface area contributed by atoms with Crippen molar-refractivity contribution in [3.05, 3.63) is 81.1 Å². The minimum absolute atomic E-state index is 0.246. The van der Waals surface area contributed by atoms with E-state index in [1.54, 1.807) is 17.0 Å². The fourth-order valence-electron chi connectivity index (χ4n) is 2.56. The van der Waals surface area contributed by atoms with Crippen LogP contribution in [-0.4, -0.2) is 24.9 Å². The van der Waals surface area contributed by atoms with Gasteiger partial charge >= 0.3 is 0 Å². The Labute approximate surface area is 157 Å². The number of benzene rings is 1. The van der Waals surface area contributed by atoms with E-state index in [-0.39, 0.29) is 5.56 Å². The molecule has 128 valence electrons. The van der Waals surface area contributed by atoms with Crippen molar-refractivity contribution in [2.75, 3.05) is 0 Å². The van der Waals surface area contributed by atoms with Crippen LogP contribution in [0.3, 0.4) is 0 Å². The Kier molecular flexibility index (Phi) is 4.27. The summed E-state index contributed by atoms with van der Waals surface area (Å²) in [5.74, 6) is 0. The maximum Gasteiger partial charge on any atom is 0.293 e. The van der Waals surface area contributed by atoms with Crippen LogP contribution in [0, 0.1) is 3.95 Å². The molecule has 0 aliphatic rings. The van der Waals surface area contributed by atoms with Crippen LogP contribution in [-0.2, 0) is 0 Å². The summed E-state index contributed by atoms with van der Waals surface area (Å²) in [6, 6.07) is 13.3. The lowest BCUT2D eigenvalue weighted by Crippen LogP contribution is -2.18. The largest absolute Gasteiger partial charge is 0.293 e. The predicted octanol–water partition coefficient (Wildman–Crippen LogP) is 3.65. The van der Waals surface area contributed by atoms with Crippen molar-refractivity contribution >= 4 is 39.6 Å². The van der Waals surface area contributed by atoms with Gasteiger partial charge in [-0.3, -0.25) is 14.3 Å². The van der Waals surface area contributed by atoms with E-state index in [1.807, 2.05) is 49.4 Å². The number of para-hydroxylation sites is 1. The molecule has 4 rings (SSSR count). The van der Waals surface area contributed by atoms with Crippen molar-refractivity contribution in [1.29, 1.82) is 0 Å². The van der Waals surface area contributed by atoms with Gasteiger partial charge in [-0.1, -0.05) is 35.6 Å². The molecule has 0 amide bonds. The molecule has 0 bridgehead atoms. The van der Waals surface area contributed by atoms with Crippen LogP contribution in [0.5, 0.6) is 0 Å². The Morgan fingerprint density at radius 2 is 2.00 bits per heavy atom. The van der Waals surface area contributed by atoms with E-state index in [1.165, 1.54) is 22.3 Å². The second kappa shape index (κ2) is 6.74. The van der Waals surface area contributed by atoms with Crippen molar-refractivity contribution < 1.29 is 0 Å². The fraction of sp³-hybridized carbons (Fsp3) is 0.0556. The van der Waals surface area contributed by atoms with Crippen LogP contribution in [0.2, 0.25) is 0 Å². The number of aromatic nitrogens is 4. The summed E-state index contributed by atoms with van der Waals surface area (Å²) in [6.07, 6.45) is 4.81. The summed E-state index contributed by atoms with van der Waals surface area (Å²) in [4.78, 5) is 21.3. The van der Waals surface area contributed by atoms with E-state index in [9.17, 15) is 4.79 Å². The number of hydrogen-bond acceptors (Lipinski definition) is 6. The lowest BCUT2D eigenvalue weighted by molar-refractivity contribution is 0.808. The van der Waals surface area contributed by atoms with Gasteiger partial charge in [-0.25, -0.2) is 4.98 Å². The Bertz CT molecular complexity index is 1220. The number of thiazole rings is 1. The molecular formula is C18H13N5OS2. The van der Waals surface area contributed by atoms with Gasteiger partial charge in [0.15, 0.2) is 9.60 Å². The zero-order valence-electron chi connectivity index (χ0n) is 13.7. The molecule has 0 aliphatic heterocycles. The lowest BCUT2D eigenvalue weighted by Gasteiger charge is -2.05. The molecule has 8 heteroatoms. The molecule has 3 aromatic heterocycles. The van der Waals surface area contributed by atoms with Crippen molar-refractivity contribution in [1.82, 2.24) is 19.2 Å². The first kappa shape index (κ1) is 16.5. The standard InChI is InChI=1S/C18H13N5OS2/c1-12(13-6-5-9-19-10-13)21-22-11-20-16-15(17(22)24)26-18(25)23(16)14-7-3-2-4-8-14/h2-11H,1H3/b21-12+. The smallest absolute Gasteiger partial charge is 0.275 e. The van der Waals surface area contributed by atoms with Gasteiger partial charge in [0.05, 0.1) is 5.71 Å². The molecule has 0 saturated heterocycles.